The van der Waals surface area contributed by atoms with Gasteiger partial charge in [0.05, 0.1) is 6.42 Å². The lowest BCUT2D eigenvalue weighted by Gasteiger charge is -2.05. The Labute approximate surface area is 114 Å². The van der Waals surface area contributed by atoms with Crippen LogP contribution in [0.1, 0.15) is 19.2 Å². The van der Waals surface area contributed by atoms with Gasteiger partial charge in [-0.2, -0.15) is 0 Å². The summed E-state index contributed by atoms with van der Waals surface area (Å²) in [5, 5.41) is 23.9. The van der Waals surface area contributed by atoms with Crippen LogP contribution in [0.15, 0.2) is 0 Å². The van der Waals surface area contributed by atoms with Gasteiger partial charge in [-0.15, -0.1) is 5.10 Å². The van der Waals surface area contributed by atoms with Crippen molar-refractivity contribution in [3.8, 4) is 0 Å². The molecule has 20 heavy (non-hydrogen) atoms. The van der Waals surface area contributed by atoms with Gasteiger partial charge in [-0.05, 0) is 16.8 Å². The van der Waals surface area contributed by atoms with E-state index in [2.05, 4.69) is 26.2 Å². The Kier molecular flexibility index (Phi) is 6.07. The summed E-state index contributed by atoms with van der Waals surface area (Å²) in [6.45, 7) is 1.91. The molecule has 1 heterocycles. The SMILES string of the molecule is CCCNC(=O)Cn1nnnc1CC(=O)NCC(=O)O. The number of tetrazole rings is 1. The quantitative estimate of drug-likeness (QED) is 0.499. The monoisotopic (exact) mass is 284 g/mol. The predicted octanol–water partition coefficient (Wildman–Crippen LogP) is -2.06. The molecule has 110 valence electrons. The number of nitrogens with one attached hydrogen (secondary N) is 2. The Morgan fingerprint density at radius 1 is 1.25 bits per heavy atom. The number of carbonyl (C=O) groups excluding carboxylic acids is 2. The van der Waals surface area contributed by atoms with Gasteiger partial charge < -0.3 is 15.7 Å². The van der Waals surface area contributed by atoms with Crippen LogP contribution in [0.2, 0.25) is 0 Å². The molecule has 0 radical (unpaired) electrons. The third-order valence-electron chi connectivity index (χ3n) is 2.23. The second-order valence-corrected chi connectivity index (χ2v) is 3.95. The van der Waals surface area contributed by atoms with Crippen LogP contribution >= 0.6 is 0 Å². The van der Waals surface area contributed by atoms with Gasteiger partial charge in [0.25, 0.3) is 0 Å². The van der Waals surface area contributed by atoms with Gasteiger partial charge in [-0.3, -0.25) is 14.4 Å². The average molecular weight is 284 g/mol. The smallest absolute Gasteiger partial charge is 0.322 e. The standard InChI is InChI=1S/C10H16N6O4/c1-2-3-11-9(18)6-16-7(13-14-15-16)4-8(17)12-5-10(19)20/h2-6H2,1H3,(H,11,18)(H,12,17)(H,19,20). The highest BCUT2D eigenvalue weighted by atomic mass is 16.4. The van der Waals surface area contributed by atoms with Crippen molar-refractivity contribution >= 4 is 17.8 Å². The lowest BCUT2D eigenvalue weighted by Crippen LogP contribution is -2.33. The molecule has 1 aromatic rings. The van der Waals surface area contributed by atoms with Gasteiger partial charge in [0.1, 0.15) is 13.1 Å². The minimum Gasteiger partial charge on any atom is -0.480 e. The number of aromatic nitrogens is 4. The highest BCUT2D eigenvalue weighted by Gasteiger charge is 2.14. The number of carbonyl (C=O) groups is 3. The van der Waals surface area contributed by atoms with E-state index >= 15 is 0 Å². The fourth-order valence-electron chi connectivity index (χ4n) is 1.31. The summed E-state index contributed by atoms with van der Waals surface area (Å²) in [5.74, 6) is -1.74. The molecule has 0 atom stereocenters. The van der Waals surface area contributed by atoms with Crippen molar-refractivity contribution in [2.75, 3.05) is 13.1 Å². The number of nitrogens with zero attached hydrogens (tertiary/aromatic N) is 4. The summed E-state index contributed by atoms with van der Waals surface area (Å²) in [6, 6.07) is 0. The van der Waals surface area contributed by atoms with Gasteiger partial charge in [0, 0.05) is 6.54 Å². The van der Waals surface area contributed by atoms with E-state index in [0.29, 0.717) is 6.54 Å². The van der Waals surface area contributed by atoms with Crippen LogP contribution in [0.5, 0.6) is 0 Å². The van der Waals surface area contributed by atoms with Gasteiger partial charge in [-0.25, -0.2) is 4.68 Å². The van der Waals surface area contributed by atoms with Crippen molar-refractivity contribution in [2.24, 2.45) is 0 Å². The number of rotatable bonds is 8. The molecule has 0 bridgehead atoms. The van der Waals surface area contributed by atoms with Gasteiger partial charge >= 0.3 is 5.97 Å². The van der Waals surface area contributed by atoms with E-state index in [1.807, 2.05) is 6.92 Å². The molecule has 1 rings (SSSR count). The van der Waals surface area contributed by atoms with Crippen molar-refractivity contribution in [2.45, 2.75) is 26.3 Å². The molecule has 10 heteroatoms. The van der Waals surface area contributed by atoms with Crippen molar-refractivity contribution in [3.05, 3.63) is 5.82 Å². The first-order valence-corrected chi connectivity index (χ1v) is 6.03. The zero-order valence-corrected chi connectivity index (χ0v) is 11.0. The van der Waals surface area contributed by atoms with Gasteiger partial charge in [0.2, 0.25) is 11.8 Å². The minimum absolute atomic E-state index is 0.0887. The second-order valence-electron chi connectivity index (χ2n) is 3.95. The molecule has 3 N–H and O–H groups in total. The fourth-order valence-corrected chi connectivity index (χ4v) is 1.31. The Balaban J connectivity index is 2.51. The highest BCUT2D eigenvalue weighted by Crippen LogP contribution is 1.94. The summed E-state index contributed by atoms with van der Waals surface area (Å²) in [6.07, 6.45) is 0.618. The number of carboxylic acids is 1. The molecule has 1 aromatic heterocycles. The Hall–Kier alpha value is -2.52. The number of aliphatic carboxylic acids is 1. The maximum Gasteiger partial charge on any atom is 0.322 e. The molecule has 0 aliphatic carbocycles. The van der Waals surface area contributed by atoms with Gasteiger partial charge in [-0.1, -0.05) is 6.92 Å². The first-order chi connectivity index (χ1) is 9.52. The van der Waals surface area contributed by atoms with Gasteiger partial charge in [0.15, 0.2) is 5.82 Å². The fraction of sp³-hybridized carbons (Fsp3) is 0.600. The Morgan fingerprint density at radius 2 is 2.00 bits per heavy atom. The first kappa shape index (κ1) is 15.5. The summed E-state index contributed by atoms with van der Waals surface area (Å²) in [7, 11) is 0. The van der Waals surface area contributed by atoms with Crippen molar-refractivity contribution < 1.29 is 19.5 Å². The number of hydrogen-bond acceptors (Lipinski definition) is 6. The normalized spacial score (nSPS) is 10.1. The van der Waals surface area contributed by atoms with Crippen LogP contribution in [0, 0.1) is 0 Å². The molecule has 0 fully saturated rings. The Bertz CT molecular complexity index is 486. The van der Waals surface area contributed by atoms with Crippen LogP contribution in [-0.2, 0) is 27.3 Å². The van der Waals surface area contributed by atoms with Crippen molar-refractivity contribution in [1.82, 2.24) is 30.8 Å². The second kappa shape index (κ2) is 7.81. The molecule has 0 aliphatic rings. The minimum atomic E-state index is -1.14. The van der Waals surface area contributed by atoms with E-state index in [0.717, 1.165) is 6.42 Å². The maximum absolute atomic E-state index is 11.5. The van der Waals surface area contributed by atoms with Crippen LogP contribution in [0.3, 0.4) is 0 Å². The first-order valence-electron chi connectivity index (χ1n) is 6.03. The van der Waals surface area contributed by atoms with E-state index in [1.54, 1.807) is 0 Å². The van der Waals surface area contributed by atoms with Crippen LogP contribution in [-0.4, -0.2) is 56.2 Å². The summed E-state index contributed by atoms with van der Waals surface area (Å²) < 4.78 is 1.20. The van der Waals surface area contributed by atoms with Crippen LogP contribution < -0.4 is 10.6 Å². The zero-order valence-electron chi connectivity index (χ0n) is 11.0. The van der Waals surface area contributed by atoms with E-state index in [4.69, 9.17) is 5.11 Å². The molecule has 2 amide bonds. The average Bonchev–Trinajstić information content (AvgIpc) is 2.81. The lowest BCUT2D eigenvalue weighted by molar-refractivity contribution is -0.137. The lowest BCUT2D eigenvalue weighted by atomic mass is 10.3. The molecular weight excluding hydrogens is 268 g/mol. The molecular formula is C10H16N6O4. The third-order valence-corrected chi connectivity index (χ3v) is 2.23. The summed E-state index contributed by atoms with van der Waals surface area (Å²) >= 11 is 0. The largest absolute Gasteiger partial charge is 0.480 e. The van der Waals surface area contributed by atoms with Crippen molar-refractivity contribution in [1.29, 1.82) is 0 Å². The molecule has 0 unspecified atom stereocenters. The molecule has 0 saturated carbocycles. The van der Waals surface area contributed by atoms with E-state index in [9.17, 15) is 14.4 Å². The number of hydrogen-bond donors (Lipinski definition) is 3. The van der Waals surface area contributed by atoms with Crippen LogP contribution in [0.4, 0.5) is 0 Å². The number of amides is 2. The maximum atomic E-state index is 11.5. The molecule has 0 aromatic carbocycles. The summed E-state index contributed by atoms with van der Waals surface area (Å²) in [5.41, 5.74) is 0. The van der Waals surface area contributed by atoms with E-state index in [1.165, 1.54) is 4.68 Å². The summed E-state index contributed by atoms with van der Waals surface area (Å²) in [4.78, 5) is 33.3. The highest BCUT2D eigenvalue weighted by molar-refractivity contribution is 5.82. The zero-order chi connectivity index (χ0) is 15.0. The van der Waals surface area contributed by atoms with E-state index < -0.39 is 18.4 Å². The van der Waals surface area contributed by atoms with E-state index in [-0.39, 0.29) is 24.7 Å². The molecule has 10 nitrogen and oxygen atoms in total. The number of carboxylic acid groups (broad SMARTS) is 1. The molecule has 0 saturated heterocycles. The molecule has 0 spiro atoms. The Morgan fingerprint density at radius 3 is 2.65 bits per heavy atom. The van der Waals surface area contributed by atoms with Crippen LogP contribution in [0.25, 0.3) is 0 Å². The third kappa shape index (κ3) is 5.42. The van der Waals surface area contributed by atoms with Crippen molar-refractivity contribution in [3.63, 3.8) is 0 Å². The predicted molar refractivity (Wildman–Crippen MR) is 65.5 cm³/mol. The molecule has 0 aliphatic heterocycles. The topological polar surface area (TPSA) is 139 Å².